The number of benzene rings is 5. The zero-order valence-corrected chi connectivity index (χ0v) is 24.1. The van der Waals surface area contributed by atoms with Gasteiger partial charge in [0.15, 0.2) is 0 Å². The minimum Gasteiger partial charge on any atom is -0.372 e. The lowest BCUT2D eigenvalue weighted by Gasteiger charge is -2.41. The van der Waals surface area contributed by atoms with Crippen LogP contribution in [0.2, 0.25) is 0 Å². The number of aromatic nitrogens is 1. The molecule has 1 aromatic heterocycles. The van der Waals surface area contributed by atoms with Crippen LogP contribution < -0.4 is 5.32 Å². The lowest BCUT2D eigenvalue weighted by atomic mass is 9.71. The number of rotatable bonds is 3. The van der Waals surface area contributed by atoms with Crippen molar-refractivity contribution in [2.75, 3.05) is 5.32 Å². The third-order valence-electron chi connectivity index (χ3n) is 9.41. The lowest BCUT2D eigenvalue weighted by Crippen LogP contribution is -2.38. The molecule has 6 aromatic rings. The Morgan fingerprint density at radius 1 is 0.548 bits per heavy atom. The van der Waals surface area contributed by atoms with E-state index < -0.39 is 0 Å². The fourth-order valence-corrected chi connectivity index (χ4v) is 7.60. The Labute approximate surface area is 247 Å². The number of nitrogens with one attached hydrogen (secondary N) is 1. The number of para-hydroxylation sites is 2. The summed E-state index contributed by atoms with van der Waals surface area (Å²) in [7, 11) is 0. The number of hydrogen-bond donors (Lipinski definition) is 1. The van der Waals surface area contributed by atoms with Crippen molar-refractivity contribution in [2.45, 2.75) is 31.7 Å². The fourth-order valence-electron chi connectivity index (χ4n) is 7.60. The van der Waals surface area contributed by atoms with Crippen LogP contribution in [0.3, 0.4) is 0 Å². The van der Waals surface area contributed by atoms with Crippen LogP contribution in [0.15, 0.2) is 139 Å². The summed E-state index contributed by atoms with van der Waals surface area (Å²) in [6, 6.07) is 46.2. The zero-order chi connectivity index (χ0) is 28.5. The van der Waals surface area contributed by atoms with E-state index in [1.807, 2.05) is 12.3 Å². The van der Waals surface area contributed by atoms with Gasteiger partial charge in [-0.3, -0.25) is 4.98 Å². The van der Waals surface area contributed by atoms with Crippen molar-refractivity contribution in [3.63, 3.8) is 0 Å². The minimum atomic E-state index is -0.284. The summed E-state index contributed by atoms with van der Waals surface area (Å²) in [5.41, 5.74) is 14.6. The third kappa shape index (κ3) is 3.55. The summed E-state index contributed by atoms with van der Waals surface area (Å²) in [5.74, 6) is 0. The Morgan fingerprint density at radius 2 is 1.21 bits per heavy atom. The first-order valence-corrected chi connectivity index (χ1v) is 14.7. The first-order valence-electron chi connectivity index (χ1n) is 14.7. The maximum absolute atomic E-state index is 4.67. The molecule has 1 unspecified atom stereocenters. The maximum atomic E-state index is 4.67. The molecule has 0 bridgehead atoms. The summed E-state index contributed by atoms with van der Waals surface area (Å²) >= 11 is 0. The smallest absolute Gasteiger partial charge is 0.0831 e. The van der Waals surface area contributed by atoms with E-state index in [9.17, 15) is 0 Å². The normalized spacial score (nSPS) is 18.3. The van der Waals surface area contributed by atoms with Crippen molar-refractivity contribution in [3.8, 4) is 22.3 Å². The quantitative estimate of drug-likeness (QED) is 0.242. The van der Waals surface area contributed by atoms with Crippen LogP contribution >= 0.6 is 0 Å². The van der Waals surface area contributed by atoms with Gasteiger partial charge < -0.3 is 5.32 Å². The first kappa shape index (κ1) is 24.8. The van der Waals surface area contributed by atoms with E-state index in [0.717, 1.165) is 16.5 Å². The van der Waals surface area contributed by atoms with Crippen LogP contribution in [-0.2, 0) is 11.0 Å². The van der Waals surface area contributed by atoms with Gasteiger partial charge in [0.25, 0.3) is 0 Å². The Bertz CT molecular complexity index is 2040. The second kappa shape index (κ2) is 9.03. The number of nitrogens with zero attached hydrogens (tertiary/aromatic N) is 1. The second-order valence-electron chi connectivity index (χ2n) is 12.3. The fraction of sp³-hybridized carbons (Fsp3) is 0.125. The van der Waals surface area contributed by atoms with Crippen LogP contribution in [0.4, 0.5) is 5.69 Å². The van der Waals surface area contributed by atoms with Gasteiger partial charge in [0.05, 0.1) is 11.1 Å². The molecule has 1 N–H and O–H groups in total. The molecule has 0 radical (unpaired) electrons. The van der Waals surface area contributed by atoms with Crippen LogP contribution in [0.1, 0.15) is 43.0 Å². The van der Waals surface area contributed by atoms with Crippen molar-refractivity contribution in [1.29, 1.82) is 0 Å². The topological polar surface area (TPSA) is 24.9 Å². The van der Waals surface area contributed by atoms with Crippen molar-refractivity contribution in [1.82, 2.24) is 4.98 Å². The molecule has 2 nitrogen and oxygen atoms in total. The molecular weight excluding hydrogens is 508 g/mol. The van der Waals surface area contributed by atoms with Crippen molar-refractivity contribution in [2.24, 2.45) is 0 Å². The molecule has 0 amide bonds. The van der Waals surface area contributed by atoms with Gasteiger partial charge in [-0.25, -0.2) is 0 Å². The van der Waals surface area contributed by atoms with Crippen LogP contribution in [0, 0.1) is 0 Å². The number of fused-ring (bicyclic) bond motifs is 5. The largest absolute Gasteiger partial charge is 0.372 e. The van der Waals surface area contributed by atoms with E-state index in [1.165, 1.54) is 55.8 Å². The summed E-state index contributed by atoms with van der Waals surface area (Å²) in [6.45, 7) is 7.12. The van der Waals surface area contributed by atoms with Gasteiger partial charge in [-0.1, -0.05) is 123 Å². The zero-order valence-electron chi connectivity index (χ0n) is 24.1. The molecule has 0 saturated carbocycles. The molecule has 42 heavy (non-hydrogen) atoms. The Kier molecular flexibility index (Phi) is 5.33. The SMILES string of the molecule is CC1(C)C2=C(c3cccc(-c4ccc(-c5cccc6cccnc56)cc4)c3)c3ccccc3NC2(C)c2ccccc21. The predicted octanol–water partition coefficient (Wildman–Crippen LogP) is 10.0. The Hall–Kier alpha value is -4.95. The average molecular weight is 541 g/mol. The Morgan fingerprint density at radius 3 is 2.07 bits per heavy atom. The van der Waals surface area contributed by atoms with Crippen molar-refractivity contribution < 1.29 is 0 Å². The average Bonchev–Trinajstić information content (AvgIpc) is 3.21. The van der Waals surface area contributed by atoms with Gasteiger partial charge in [-0.15, -0.1) is 0 Å². The molecular formula is C40H32N2. The highest BCUT2D eigenvalue weighted by atomic mass is 15.0. The molecule has 202 valence electrons. The van der Waals surface area contributed by atoms with E-state index >= 15 is 0 Å². The van der Waals surface area contributed by atoms with Crippen molar-refractivity contribution in [3.05, 3.63) is 161 Å². The van der Waals surface area contributed by atoms with E-state index in [2.05, 4.69) is 152 Å². The van der Waals surface area contributed by atoms with Gasteiger partial charge in [-0.05, 0) is 69.6 Å². The maximum Gasteiger partial charge on any atom is 0.0831 e. The van der Waals surface area contributed by atoms with Crippen LogP contribution in [0.25, 0.3) is 38.7 Å². The standard InChI is InChI=1S/C40H32N2/c1-39(2)33-17-5-6-18-34(33)40(3)38(39)36(32-15-4-7-19-35(32)42-40)30-13-8-12-29(25-30)26-20-22-27(23-21-26)31-16-9-11-28-14-10-24-41-37(28)31/h4-25,42H,1-3H3. The molecule has 8 rings (SSSR count). The van der Waals surface area contributed by atoms with Crippen LogP contribution in [-0.4, -0.2) is 4.98 Å². The lowest BCUT2D eigenvalue weighted by molar-refractivity contribution is 0.558. The number of hydrogen-bond acceptors (Lipinski definition) is 2. The molecule has 1 atom stereocenters. The van der Waals surface area contributed by atoms with Gasteiger partial charge in [0, 0.05) is 33.8 Å². The highest BCUT2D eigenvalue weighted by molar-refractivity contribution is 5.96. The number of anilines is 1. The molecule has 0 fully saturated rings. The van der Waals surface area contributed by atoms with Gasteiger partial charge in [-0.2, -0.15) is 0 Å². The van der Waals surface area contributed by atoms with E-state index in [4.69, 9.17) is 0 Å². The van der Waals surface area contributed by atoms with Gasteiger partial charge in [0.2, 0.25) is 0 Å². The predicted molar refractivity (Wildman–Crippen MR) is 176 cm³/mol. The van der Waals surface area contributed by atoms with Gasteiger partial charge in [0.1, 0.15) is 0 Å². The molecule has 0 saturated heterocycles. The van der Waals surface area contributed by atoms with E-state index in [0.29, 0.717) is 0 Å². The van der Waals surface area contributed by atoms with Crippen LogP contribution in [0.5, 0.6) is 0 Å². The monoisotopic (exact) mass is 540 g/mol. The second-order valence-corrected chi connectivity index (χ2v) is 12.3. The summed E-state index contributed by atoms with van der Waals surface area (Å²) < 4.78 is 0. The molecule has 1 aliphatic carbocycles. The molecule has 5 aromatic carbocycles. The Balaban J connectivity index is 1.27. The first-order chi connectivity index (χ1) is 20.4. The number of pyridine rings is 1. The summed E-state index contributed by atoms with van der Waals surface area (Å²) in [5, 5.41) is 5.12. The highest BCUT2D eigenvalue weighted by Gasteiger charge is 2.53. The van der Waals surface area contributed by atoms with E-state index in [1.54, 1.807) is 0 Å². The van der Waals surface area contributed by atoms with Gasteiger partial charge >= 0.3 is 0 Å². The summed E-state index contributed by atoms with van der Waals surface area (Å²) in [6.07, 6.45) is 1.87. The van der Waals surface area contributed by atoms with Crippen molar-refractivity contribution >= 4 is 22.2 Å². The molecule has 2 aliphatic rings. The molecule has 2 heteroatoms. The molecule has 2 heterocycles. The molecule has 0 spiro atoms. The highest BCUT2D eigenvalue weighted by Crippen LogP contribution is 2.59. The molecule has 1 aliphatic heterocycles. The summed E-state index contributed by atoms with van der Waals surface area (Å²) in [4.78, 5) is 4.67. The van der Waals surface area contributed by atoms with E-state index in [-0.39, 0.29) is 11.0 Å². The third-order valence-corrected chi connectivity index (χ3v) is 9.41. The minimum absolute atomic E-state index is 0.120.